The van der Waals surface area contributed by atoms with Crippen LogP contribution in [0, 0.1) is 0 Å². The van der Waals surface area contributed by atoms with E-state index in [1.807, 2.05) is 54.4 Å². The zero-order chi connectivity index (χ0) is 19.1. The molecule has 1 saturated heterocycles. The molecule has 0 unspecified atom stereocenters. The van der Waals surface area contributed by atoms with E-state index in [1.165, 1.54) is 0 Å². The van der Waals surface area contributed by atoms with Crippen LogP contribution in [0.2, 0.25) is 0 Å². The average molecular weight is 367 g/mol. The Labute approximate surface area is 161 Å². The number of anilines is 2. The number of carbonyl (C=O) groups is 1. The number of likely N-dealkylation sites (tertiary alicyclic amines) is 1. The Morgan fingerprint density at radius 2 is 2.07 bits per heavy atom. The van der Waals surface area contributed by atoms with E-state index < -0.39 is 0 Å². The van der Waals surface area contributed by atoms with Crippen molar-refractivity contribution >= 4 is 17.4 Å². The molecular weight excluding hydrogens is 338 g/mol. The van der Waals surface area contributed by atoms with Gasteiger partial charge in [-0.15, -0.1) is 0 Å². The van der Waals surface area contributed by atoms with Gasteiger partial charge in [-0.3, -0.25) is 9.78 Å². The summed E-state index contributed by atoms with van der Waals surface area (Å²) < 4.78 is 0. The van der Waals surface area contributed by atoms with Crippen LogP contribution in [0.25, 0.3) is 0 Å². The minimum absolute atomic E-state index is 0.235. The predicted octanol–water partition coefficient (Wildman–Crippen LogP) is 2.97. The van der Waals surface area contributed by atoms with Crippen LogP contribution in [0.15, 0.2) is 42.7 Å². The fourth-order valence-electron chi connectivity index (χ4n) is 3.40. The molecule has 1 N–H and O–H groups in total. The second-order valence-corrected chi connectivity index (χ2v) is 7.27. The number of aromatic nitrogens is 2. The zero-order valence-electron chi connectivity index (χ0n) is 16.3. The van der Waals surface area contributed by atoms with E-state index in [1.54, 1.807) is 6.20 Å². The van der Waals surface area contributed by atoms with Gasteiger partial charge in [-0.25, -0.2) is 4.98 Å². The molecule has 0 saturated carbocycles. The van der Waals surface area contributed by atoms with Gasteiger partial charge in [0.05, 0.1) is 11.9 Å². The Hall–Kier alpha value is -2.63. The Morgan fingerprint density at radius 1 is 1.19 bits per heavy atom. The minimum Gasteiger partial charge on any atom is -0.381 e. The first-order chi connectivity index (χ1) is 13.1. The average Bonchev–Trinajstić information content (AvgIpc) is 2.93. The van der Waals surface area contributed by atoms with Crippen molar-refractivity contribution in [3.8, 4) is 0 Å². The highest BCUT2D eigenvalue weighted by Crippen LogP contribution is 2.19. The van der Waals surface area contributed by atoms with Gasteiger partial charge in [0.15, 0.2) is 0 Å². The van der Waals surface area contributed by atoms with Gasteiger partial charge in [-0.1, -0.05) is 6.07 Å². The van der Waals surface area contributed by atoms with E-state index in [2.05, 4.69) is 21.4 Å². The third-order valence-electron chi connectivity index (χ3n) is 4.98. The zero-order valence-corrected chi connectivity index (χ0v) is 16.3. The highest BCUT2D eigenvalue weighted by molar-refractivity contribution is 5.76. The molecule has 1 aliphatic heterocycles. The number of pyridine rings is 2. The smallest absolute Gasteiger partial charge is 0.222 e. The third kappa shape index (κ3) is 5.67. The number of rotatable bonds is 6. The lowest BCUT2D eigenvalue weighted by atomic mass is 10.1. The van der Waals surface area contributed by atoms with E-state index in [-0.39, 0.29) is 5.91 Å². The van der Waals surface area contributed by atoms with Crippen molar-refractivity contribution in [1.82, 2.24) is 14.9 Å². The van der Waals surface area contributed by atoms with E-state index in [9.17, 15) is 4.79 Å². The number of hydrogen-bond donors (Lipinski definition) is 1. The molecule has 27 heavy (non-hydrogen) atoms. The molecule has 144 valence electrons. The molecule has 0 bridgehead atoms. The van der Waals surface area contributed by atoms with Crippen molar-refractivity contribution in [2.24, 2.45) is 0 Å². The van der Waals surface area contributed by atoms with Crippen LogP contribution in [0.4, 0.5) is 11.5 Å². The molecule has 3 heterocycles. The van der Waals surface area contributed by atoms with Crippen LogP contribution in [0.5, 0.6) is 0 Å². The Kier molecular flexibility index (Phi) is 6.63. The lowest BCUT2D eigenvalue weighted by Crippen LogP contribution is -2.32. The molecule has 3 rings (SSSR count). The summed E-state index contributed by atoms with van der Waals surface area (Å²) in [6, 6.07) is 10.3. The molecule has 0 spiro atoms. The molecule has 2 aromatic heterocycles. The maximum absolute atomic E-state index is 12.6. The van der Waals surface area contributed by atoms with E-state index in [0.29, 0.717) is 18.9 Å². The summed E-state index contributed by atoms with van der Waals surface area (Å²) in [7, 11) is 3.97. The lowest BCUT2D eigenvalue weighted by molar-refractivity contribution is -0.131. The maximum atomic E-state index is 12.6. The molecule has 1 atom stereocenters. The molecular formula is C21H29N5O. The lowest BCUT2D eigenvalue weighted by Gasteiger charge is -2.21. The molecule has 2 aromatic rings. The Morgan fingerprint density at radius 3 is 2.78 bits per heavy atom. The first kappa shape index (κ1) is 19.1. The normalized spacial score (nSPS) is 17.3. The summed E-state index contributed by atoms with van der Waals surface area (Å²) in [5.74, 6) is 1.18. The Bertz CT molecular complexity index is 717. The summed E-state index contributed by atoms with van der Waals surface area (Å²) in [5.41, 5.74) is 2.02. The number of carbonyl (C=O) groups excluding carboxylic acids is 1. The van der Waals surface area contributed by atoms with Crippen LogP contribution in [-0.4, -0.2) is 54.0 Å². The number of nitrogens with one attached hydrogen (secondary N) is 1. The monoisotopic (exact) mass is 367 g/mol. The summed E-state index contributed by atoms with van der Waals surface area (Å²) in [4.78, 5) is 25.3. The van der Waals surface area contributed by atoms with Crippen molar-refractivity contribution in [2.75, 3.05) is 37.4 Å². The summed E-state index contributed by atoms with van der Waals surface area (Å²) in [6.45, 7) is 1.65. The summed E-state index contributed by atoms with van der Waals surface area (Å²) in [5, 5.41) is 3.58. The first-order valence-corrected chi connectivity index (χ1v) is 9.69. The molecule has 1 fully saturated rings. The van der Waals surface area contributed by atoms with E-state index >= 15 is 0 Å². The van der Waals surface area contributed by atoms with Gasteiger partial charge in [0.1, 0.15) is 5.82 Å². The highest BCUT2D eigenvalue weighted by atomic mass is 16.2. The Balaban J connectivity index is 1.47. The number of aryl methyl sites for hydroxylation is 1. The fraction of sp³-hybridized carbons (Fsp3) is 0.476. The summed E-state index contributed by atoms with van der Waals surface area (Å²) in [6.07, 6.45) is 7.96. The molecule has 0 aliphatic carbocycles. The van der Waals surface area contributed by atoms with E-state index in [4.69, 9.17) is 0 Å². The van der Waals surface area contributed by atoms with Crippen LogP contribution in [0.3, 0.4) is 0 Å². The van der Waals surface area contributed by atoms with Gasteiger partial charge in [-0.2, -0.15) is 0 Å². The van der Waals surface area contributed by atoms with Crippen LogP contribution in [0.1, 0.15) is 31.4 Å². The van der Waals surface area contributed by atoms with Gasteiger partial charge in [0.2, 0.25) is 5.91 Å². The van der Waals surface area contributed by atoms with Gasteiger partial charge in [-0.05, 0) is 49.9 Å². The molecule has 0 aromatic carbocycles. The minimum atomic E-state index is 0.235. The SMILES string of the molecule is CN(C)c1ccc(N[C@@H]2CCCN(C(=O)CCc3ccccn3)CC2)cn1. The number of hydrogen-bond acceptors (Lipinski definition) is 5. The number of nitrogens with zero attached hydrogens (tertiary/aromatic N) is 4. The maximum Gasteiger partial charge on any atom is 0.222 e. The van der Waals surface area contributed by atoms with E-state index in [0.717, 1.165) is 49.6 Å². The topological polar surface area (TPSA) is 61.4 Å². The van der Waals surface area contributed by atoms with Crippen molar-refractivity contribution in [3.05, 3.63) is 48.4 Å². The number of amides is 1. The van der Waals surface area contributed by atoms with Gasteiger partial charge in [0.25, 0.3) is 0 Å². The van der Waals surface area contributed by atoms with Crippen molar-refractivity contribution in [3.63, 3.8) is 0 Å². The molecule has 6 heteroatoms. The highest BCUT2D eigenvalue weighted by Gasteiger charge is 2.20. The van der Waals surface area contributed by atoms with Crippen molar-refractivity contribution < 1.29 is 4.79 Å². The third-order valence-corrected chi connectivity index (χ3v) is 4.98. The van der Waals surface area contributed by atoms with Crippen molar-refractivity contribution in [2.45, 2.75) is 38.1 Å². The van der Waals surface area contributed by atoms with Crippen molar-refractivity contribution in [1.29, 1.82) is 0 Å². The van der Waals surface area contributed by atoms with Gasteiger partial charge >= 0.3 is 0 Å². The largest absolute Gasteiger partial charge is 0.381 e. The second kappa shape index (κ2) is 9.35. The molecule has 1 amide bonds. The molecule has 6 nitrogen and oxygen atoms in total. The van der Waals surface area contributed by atoms with Crippen LogP contribution >= 0.6 is 0 Å². The van der Waals surface area contributed by atoms with Gasteiger partial charge < -0.3 is 15.1 Å². The second-order valence-electron chi connectivity index (χ2n) is 7.27. The predicted molar refractivity (Wildman–Crippen MR) is 109 cm³/mol. The quantitative estimate of drug-likeness (QED) is 0.850. The first-order valence-electron chi connectivity index (χ1n) is 9.69. The van der Waals surface area contributed by atoms with Crippen LogP contribution in [-0.2, 0) is 11.2 Å². The van der Waals surface area contributed by atoms with Gasteiger partial charge in [0, 0.05) is 51.5 Å². The standard InChI is InChI=1S/C21H29N5O/c1-25(2)20-10-8-19(16-23-20)24-18-7-5-14-26(15-12-18)21(27)11-9-17-6-3-4-13-22-17/h3-4,6,8,10,13,16,18,24H,5,7,9,11-12,14-15H2,1-2H3/t18-/m1/s1. The van der Waals surface area contributed by atoms with Crippen LogP contribution < -0.4 is 10.2 Å². The molecule has 1 aliphatic rings. The fourth-order valence-corrected chi connectivity index (χ4v) is 3.40. The summed E-state index contributed by atoms with van der Waals surface area (Å²) >= 11 is 0. The molecule has 0 radical (unpaired) electrons.